The predicted octanol–water partition coefficient (Wildman–Crippen LogP) is 6.00. The minimum Gasteiger partial charge on any atom is -0.481 e. The van der Waals surface area contributed by atoms with E-state index < -0.39 is 5.97 Å². The lowest BCUT2D eigenvalue weighted by molar-refractivity contribution is -0.136. The summed E-state index contributed by atoms with van der Waals surface area (Å²) in [6.45, 7) is 5.99. The molecule has 176 valence electrons. The molecule has 7 nitrogen and oxygen atoms in total. The van der Waals surface area contributed by atoms with E-state index in [0.717, 1.165) is 62.4 Å². The largest absolute Gasteiger partial charge is 0.481 e. The van der Waals surface area contributed by atoms with Crippen LogP contribution in [0.4, 0.5) is 0 Å². The molecule has 5 rings (SSSR count). The molecule has 0 radical (unpaired) electrons. The average Bonchev–Trinajstić information content (AvgIpc) is 3.39. The van der Waals surface area contributed by atoms with Crippen molar-refractivity contribution in [2.24, 2.45) is 0 Å². The lowest BCUT2D eigenvalue weighted by Gasteiger charge is -2.18. The number of rotatable bonds is 7. The third-order valence-electron chi connectivity index (χ3n) is 6.36. The molecule has 0 bridgehead atoms. The van der Waals surface area contributed by atoms with Gasteiger partial charge in [-0.25, -0.2) is 0 Å². The van der Waals surface area contributed by atoms with E-state index in [9.17, 15) is 4.79 Å². The number of carboxylic acids is 1. The van der Waals surface area contributed by atoms with Gasteiger partial charge in [0.25, 0.3) is 0 Å². The molecular weight excluding hydrogens is 440 g/mol. The van der Waals surface area contributed by atoms with E-state index in [1.807, 2.05) is 68.7 Å². The Morgan fingerprint density at radius 3 is 2.51 bits per heavy atom. The highest BCUT2D eigenvalue weighted by molar-refractivity contribution is 5.95. The molecule has 7 heteroatoms. The summed E-state index contributed by atoms with van der Waals surface area (Å²) in [6.07, 6.45) is 6.67. The smallest absolute Gasteiger partial charge is 0.307 e. The van der Waals surface area contributed by atoms with E-state index in [1.54, 1.807) is 0 Å². The monoisotopic (exact) mass is 466 g/mol. The normalized spacial score (nSPS) is 12.2. The summed E-state index contributed by atoms with van der Waals surface area (Å²) in [4.78, 5) is 20.6. The SMILES string of the molecule is CC[C@@H](c1ccccn1)n1cc(-c2ccc(CC(=O)O)cc2)c2ncc(-c3c(C)noc3C)cc21. The van der Waals surface area contributed by atoms with Crippen LogP contribution in [-0.2, 0) is 11.2 Å². The van der Waals surface area contributed by atoms with Crippen molar-refractivity contribution in [2.45, 2.75) is 39.7 Å². The maximum Gasteiger partial charge on any atom is 0.307 e. The van der Waals surface area contributed by atoms with Gasteiger partial charge in [0.15, 0.2) is 0 Å². The maximum absolute atomic E-state index is 11.1. The van der Waals surface area contributed by atoms with Crippen LogP contribution in [0.15, 0.2) is 71.6 Å². The lowest BCUT2D eigenvalue weighted by Crippen LogP contribution is -2.10. The van der Waals surface area contributed by atoms with Gasteiger partial charge in [-0.3, -0.25) is 14.8 Å². The first-order valence-corrected chi connectivity index (χ1v) is 11.6. The molecule has 35 heavy (non-hydrogen) atoms. The fraction of sp³-hybridized carbons (Fsp3) is 0.214. The molecule has 0 fully saturated rings. The number of aromatic nitrogens is 4. The molecule has 4 aromatic heterocycles. The van der Waals surface area contributed by atoms with E-state index in [-0.39, 0.29) is 12.5 Å². The van der Waals surface area contributed by atoms with Crippen molar-refractivity contribution >= 4 is 17.0 Å². The van der Waals surface area contributed by atoms with Crippen LogP contribution in [-0.4, -0.2) is 30.8 Å². The molecule has 0 aliphatic carbocycles. The van der Waals surface area contributed by atoms with Gasteiger partial charge < -0.3 is 14.2 Å². The number of pyridine rings is 2. The van der Waals surface area contributed by atoms with Crippen molar-refractivity contribution in [3.8, 4) is 22.3 Å². The summed E-state index contributed by atoms with van der Waals surface area (Å²) < 4.78 is 7.65. The van der Waals surface area contributed by atoms with Crippen LogP contribution < -0.4 is 0 Å². The van der Waals surface area contributed by atoms with E-state index in [4.69, 9.17) is 14.6 Å². The summed E-state index contributed by atoms with van der Waals surface area (Å²) in [6, 6.07) is 15.8. The fourth-order valence-corrected chi connectivity index (χ4v) is 4.73. The van der Waals surface area contributed by atoms with Gasteiger partial charge in [0.05, 0.1) is 34.9 Å². The Hall–Kier alpha value is -4.26. The summed E-state index contributed by atoms with van der Waals surface area (Å²) in [5.41, 5.74) is 8.32. The first kappa shape index (κ1) is 22.5. The standard InChI is InChI=1S/C28H26N4O3/c1-4-24(23-7-5-6-12-29-23)32-16-22(20-10-8-19(9-11-20)13-26(33)34)28-25(32)14-21(15-30-28)27-17(2)31-35-18(27)3/h5-12,14-16,24H,4,13H2,1-3H3,(H,33,34)/t24-/m0/s1. The molecule has 1 atom stereocenters. The van der Waals surface area contributed by atoms with Crippen LogP contribution in [0.3, 0.4) is 0 Å². The minimum atomic E-state index is -0.843. The maximum atomic E-state index is 11.1. The number of hydrogen-bond donors (Lipinski definition) is 1. The number of hydrogen-bond acceptors (Lipinski definition) is 5. The molecule has 1 aromatic carbocycles. The van der Waals surface area contributed by atoms with Gasteiger partial charge in [0.2, 0.25) is 0 Å². The Labute approximate surface area is 203 Å². The van der Waals surface area contributed by atoms with Crippen LogP contribution in [0.25, 0.3) is 33.3 Å². The predicted molar refractivity (Wildman–Crippen MR) is 134 cm³/mol. The molecule has 0 saturated heterocycles. The van der Waals surface area contributed by atoms with Crippen LogP contribution >= 0.6 is 0 Å². The van der Waals surface area contributed by atoms with Crippen LogP contribution in [0, 0.1) is 13.8 Å². The van der Waals surface area contributed by atoms with Gasteiger partial charge in [-0.1, -0.05) is 42.4 Å². The molecule has 0 aliphatic heterocycles. The van der Waals surface area contributed by atoms with E-state index in [2.05, 4.69) is 33.9 Å². The van der Waals surface area contributed by atoms with Crippen molar-refractivity contribution in [3.63, 3.8) is 0 Å². The summed E-state index contributed by atoms with van der Waals surface area (Å²) in [5, 5.41) is 13.2. The van der Waals surface area contributed by atoms with E-state index >= 15 is 0 Å². The molecule has 5 aromatic rings. The Balaban J connectivity index is 1.70. The molecule has 0 spiro atoms. The van der Waals surface area contributed by atoms with Gasteiger partial charge in [0, 0.05) is 35.3 Å². The summed E-state index contributed by atoms with van der Waals surface area (Å²) >= 11 is 0. The van der Waals surface area contributed by atoms with Gasteiger partial charge in [-0.05, 0) is 49.6 Å². The second-order valence-corrected chi connectivity index (χ2v) is 8.69. The number of nitrogens with zero attached hydrogens (tertiary/aromatic N) is 4. The number of carbonyl (C=O) groups is 1. The summed E-state index contributed by atoms with van der Waals surface area (Å²) in [5.74, 6) is -0.0863. The Bertz CT molecular complexity index is 1480. The van der Waals surface area contributed by atoms with Gasteiger partial charge in [0.1, 0.15) is 5.76 Å². The molecule has 0 saturated carbocycles. The van der Waals surface area contributed by atoms with Crippen LogP contribution in [0.1, 0.15) is 42.1 Å². The third-order valence-corrected chi connectivity index (χ3v) is 6.36. The van der Waals surface area contributed by atoms with Crippen LogP contribution in [0.2, 0.25) is 0 Å². The number of aliphatic carboxylic acids is 1. The molecule has 4 heterocycles. The lowest BCUT2D eigenvalue weighted by atomic mass is 10.0. The quantitative estimate of drug-likeness (QED) is 0.316. The number of aryl methyl sites for hydroxylation is 2. The highest BCUT2D eigenvalue weighted by Crippen LogP contribution is 2.37. The molecule has 0 unspecified atom stereocenters. The minimum absolute atomic E-state index is 0.00132. The Morgan fingerprint density at radius 2 is 1.89 bits per heavy atom. The third kappa shape index (κ3) is 4.21. The topological polar surface area (TPSA) is 94.0 Å². The van der Waals surface area contributed by atoms with E-state index in [0.29, 0.717) is 0 Å². The van der Waals surface area contributed by atoms with E-state index in [1.165, 1.54) is 0 Å². The Morgan fingerprint density at radius 1 is 1.09 bits per heavy atom. The van der Waals surface area contributed by atoms with Gasteiger partial charge in [-0.15, -0.1) is 0 Å². The van der Waals surface area contributed by atoms with Gasteiger partial charge in [-0.2, -0.15) is 0 Å². The second kappa shape index (κ2) is 9.18. The fourth-order valence-electron chi connectivity index (χ4n) is 4.73. The highest BCUT2D eigenvalue weighted by atomic mass is 16.5. The molecule has 1 N–H and O–H groups in total. The number of carboxylic acid groups (broad SMARTS) is 1. The molecule has 0 aliphatic rings. The highest BCUT2D eigenvalue weighted by Gasteiger charge is 2.21. The molecular formula is C28H26N4O3. The molecule has 0 amide bonds. The number of fused-ring (bicyclic) bond motifs is 1. The second-order valence-electron chi connectivity index (χ2n) is 8.69. The van der Waals surface area contributed by atoms with Crippen molar-refractivity contribution in [1.29, 1.82) is 0 Å². The van der Waals surface area contributed by atoms with Crippen molar-refractivity contribution in [1.82, 2.24) is 19.7 Å². The van der Waals surface area contributed by atoms with Crippen LogP contribution in [0.5, 0.6) is 0 Å². The first-order chi connectivity index (χ1) is 17.0. The summed E-state index contributed by atoms with van der Waals surface area (Å²) in [7, 11) is 0. The zero-order valence-corrected chi connectivity index (χ0v) is 19.9. The zero-order valence-electron chi connectivity index (χ0n) is 19.9. The zero-order chi connectivity index (χ0) is 24.5. The Kier molecular flexibility index (Phi) is 5.91. The van der Waals surface area contributed by atoms with Crippen molar-refractivity contribution < 1.29 is 14.4 Å². The average molecular weight is 467 g/mol. The number of benzene rings is 1. The first-order valence-electron chi connectivity index (χ1n) is 11.6. The van der Waals surface area contributed by atoms with Crippen molar-refractivity contribution in [3.05, 3.63) is 89.8 Å². The van der Waals surface area contributed by atoms with Crippen molar-refractivity contribution in [2.75, 3.05) is 0 Å². The van der Waals surface area contributed by atoms with Gasteiger partial charge >= 0.3 is 5.97 Å².